The van der Waals surface area contributed by atoms with Crippen molar-refractivity contribution in [1.29, 1.82) is 0 Å². The van der Waals surface area contributed by atoms with Gasteiger partial charge in [0.2, 0.25) is 0 Å². The second-order valence-electron chi connectivity index (χ2n) is 16.8. The predicted octanol–water partition coefficient (Wildman–Crippen LogP) is 16.8. The van der Waals surface area contributed by atoms with Crippen molar-refractivity contribution in [2.75, 3.05) is 4.90 Å². The Hall–Kier alpha value is -8.26. The molecule has 12 rings (SSSR count). The summed E-state index contributed by atoms with van der Waals surface area (Å²) in [6.07, 6.45) is 0. The van der Waals surface area contributed by atoms with Gasteiger partial charge in [0.05, 0.1) is 5.41 Å². The fraction of sp³-hybridized carbons (Fsp3) is 0.0159. The molecule has 1 heteroatoms. The summed E-state index contributed by atoms with van der Waals surface area (Å²) in [7, 11) is 0. The van der Waals surface area contributed by atoms with Crippen molar-refractivity contribution in [2.24, 2.45) is 0 Å². The predicted molar refractivity (Wildman–Crippen MR) is 270 cm³/mol. The normalized spacial score (nSPS) is 12.5. The number of rotatable bonds is 8. The van der Waals surface area contributed by atoms with E-state index in [4.69, 9.17) is 0 Å². The van der Waals surface area contributed by atoms with Gasteiger partial charge in [0, 0.05) is 17.1 Å². The summed E-state index contributed by atoms with van der Waals surface area (Å²) in [5.74, 6) is 0. The van der Waals surface area contributed by atoms with Crippen LogP contribution in [0.2, 0.25) is 0 Å². The quantitative estimate of drug-likeness (QED) is 0.138. The van der Waals surface area contributed by atoms with E-state index in [2.05, 4.69) is 266 Å². The molecule has 0 aliphatic heterocycles. The molecule has 0 radical (unpaired) electrons. The van der Waals surface area contributed by atoms with Crippen LogP contribution in [0.4, 0.5) is 17.1 Å². The first-order chi connectivity index (χ1) is 31.8. The second kappa shape index (κ2) is 15.6. The van der Waals surface area contributed by atoms with Gasteiger partial charge in [-0.05, 0) is 125 Å². The van der Waals surface area contributed by atoms with Crippen molar-refractivity contribution in [3.05, 3.63) is 283 Å². The van der Waals surface area contributed by atoms with Crippen LogP contribution in [0.25, 0.3) is 66.1 Å². The van der Waals surface area contributed by atoms with Crippen LogP contribution in [0.15, 0.2) is 261 Å². The maximum Gasteiger partial charge on any atom is 0.0714 e. The van der Waals surface area contributed by atoms with Gasteiger partial charge in [-0.3, -0.25) is 0 Å². The van der Waals surface area contributed by atoms with Crippen LogP contribution < -0.4 is 4.90 Å². The molecule has 0 N–H and O–H groups in total. The molecule has 0 atom stereocenters. The summed E-state index contributed by atoms with van der Waals surface area (Å²) < 4.78 is 0. The van der Waals surface area contributed by atoms with E-state index in [1.807, 2.05) is 0 Å². The van der Waals surface area contributed by atoms with E-state index in [9.17, 15) is 0 Å². The van der Waals surface area contributed by atoms with Crippen LogP contribution in [0, 0.1) is 0 Å². The summed E-state index contributed by atoms with van der Waals surface area (Å²) in [6, 6.07) is 95.9. The highest BCUT2D eigenvalue weighted by atomic mass is 15.1. The van der Waals surface area contributed by atoms with Gasteiger partial charge in [0.25, 0.3) is 0 Å². The maximum atomic E-state index is 2.47. The zero-order valence-electron chi connectivity index (χ0n) is 35.3. The van der Waals surface area contributed by atoms with Crippen LogP contribution >= 0.6 is 0 Å². The van der Waals surface area contributed by atoms with E-state index >= 15 is 0 Å². The molecule has 0 amide bonds. The Balaban J connectivity index is 1.15. The van der Waals surface area contributed by atoms with E-state index in [1.165, 1.54) is 88.3 Å². The molecule has 64 heavy (non-hydrogen) atoms. The minimum Gasteiger partial charge on any atom is -0.310 e. The molecule has 11 aromatic rings. The Morgan fingerprint density at radius 2 is 0.672 bits per heavy atom. The number of anilines is 3. The second-order valence-corrected chi connectivity index (χ2v) is 16.8. The van der Waals surface area contributed by atoms with Crippen LogP contribution in [-0.4, -0.2) is 0 Å². The van der Waals surface area contributed by atoms with Gasteiger partial charge in [0.15, 0.2) is 0 Å². The largest absolute Gasteiger partial charge is 0.310 e. The van der Waals surface area contributed by atoms with E-state index in [0.717, 1.165) is 17.1 Å². The molecule has 1 aliphatic carbocycles. The third-order valence-electron chi connectivity index (χ3n) is 13.3. The molecule has 1 nitrogen and oxygen atoms in total. The zero-order chi connectivity index (χ0) is 42.5. The maximum absolute atomic E-state index is 2.47. The Morgan fingerprint density at radius 1 is 0.250 bits per heavy atom. The molecule has 0 heterocycles. The number of hydrogen-bond acceptors (Lipinski definition) is 1. The number of hydrogen-bond donors (Lipinski definition) is 0. The number of nitrogens with zero attached hydrogens (tertiary/aromatic N) is 1. The molecule has 1 aliphatic rings. The molecular formula is C63H43N. The Kier molecular flexibility index (Phi) is 9.13. The minimum absolute atomic E-state index is 0.527. The molecule has 0 unspecified atom stereocenters. The van der Waals surface area contributed by atoms with Gasteiger partial charge in [-0.2, -0.15) is 0 Å². The Morgan fingerprint density at radius 3 is 1.30 bits per heavy atom. The lowest BCUT2D eigenvalue weighted by Crippen LogP contribution is -2.28. The van der Waals surface area contributed by atoms with E-state index in [0.29, 0.717) is 0 Å². The van der Waals surface area contributed by atoms with Crippen molar-refractivity contribution in [2.45, 2.75) is 5.41 Å². The van der Waals surface area contributed by atoms with Crippen LogP contribution in [0.1, 0.15) is 22.3 Å². The average Bonchev–Trinajstić information content (AvgIpc) is 3.68. The van der Waals surface area contributed by atoms with Crippen molar-refractivity contribution in [3.8, 4) is 44.5 Å². The van der Waals surface area contributed by atoms with Gasteiger partial charge >= 0.3 is 0 Å². The molecule has 0 spiro atoms. The molecule has 0 saturated heterocycles. The zero-order valence-corrected chi connectivity index (χ0v) is 35.3. The van der Waals surface area contributed by atoms with E-state index in [-0.39, 0.29) is 0 Å². The standard InChI is InChI=1S/C63H43N/c1-6-20-44(21-7-1)45-34-36-50(37-35-45)64(52-39-41-56-55-31-18-19-33-59(55)63(60(56)43-52,48-26-12-4-13-27-48)49-28-14-5-15-29-49)51-38-40-54-53-30-16-17-32-57(53)61(46-22-8-2-9-23-46)62(58(54)42-51)47-24-10-3-11-25-47/h1-43H. The summed E-state index contributed by atoms with van der Waals surface area (Å²) in [5.41, 5.74) is 17.6. The van der Waals surface area contributed by atoms with Crippen molar-refractivity contribution in [1.82, 2.24) is 0 Å². The molecule has 11 aromatic carbocycles. The van der Waals surface area contributed by atoms with Gasteiger partial charge in [-0.1, -0.05) is 224 Å². The van der Waals surface area contributed by atoms with Crippen LogP contribution in [-0.2, 0) is 5.41 Å². The highest BCUT2D eigenvalue weighted by molar-refractivity contribution is 6.22. The van der Waals surface area contributed by atoms with Gasteiger partial charge < -0.3 is 4.90 Å². The highest BCUT2D eigenvalue weighted by Gasteiger charge is 2.46. The SMILES string of the molecule is c1ccc(-c2ccc(N(c3ccc4c(c3)C(c3ccccc3)(c3ccccc3)c3ccccc3-4)c3ccc4c(c3)c(-c3ccccc3)c(-c3ccccc3)c3ccccc34)cc2)cc1. The Labute approximate surface area is 374 Å². The average molecular weight is 814 g/mol. The molecule has 300 valence electrons. The molecule has 0 fully saturated rings. The lowest BCUT2D eigenvalue weighted by Gasteiger charge is -2.35. The first-order valence-corrected chi connectivity index (χ1v) is 22.2. The summed E-state index contributed by atoms with van der Waals surface area (Å²) >= 11 is 0. The minimum atomic E-state index is -0.527. The highest BCUT2D eigenvalue weighted by Crippen LogP contribution is 2.57. The fourth-order valence-electron chi connectivity index (χ4n) is 10.6. The third kappa shape index (κ3) is 6.01. The molecule has 0 bridgehead atoms. The lowest BCUT2D eigenvalue weighted by atomic mass is 9.67. The monoisotopic (exact) mass is 813 g/mol. The number of benzene rings is 11. The van der Waals surface area contributed by atoms with Gasteiger partial charge in [-0.25, -0.2) is 0 Å². The van der Waals surface area contributed by atoms with E-state index < -0.39 is 5.41 Å². The van der Waals surface area contributed by atoms with Crippen molar-refractivity contribution >= 4 is 38.6 Å². The lowest BCUT2D eigenvalue weighted by molar-refractivity contribution is 0.768. The number of fused-ring (bicyclic) bond motifs is 6. The first kappa shape index (κ1) is 37.5. The molecular weight excluding hydrogens is 771 g/mol. The summed E-state index contributed by atoms with van der Waals surface area (Å²) in [6.45, 7) is 0. The van der Waals surface area contributed by atoms with Crippen molar-refractivity contribution in [3.63, 3.8) is 0 Å². The summed E-state index contributed by atoms with van der Waals surface area (Å²) in [5, 5.41) is 4.93. The smallest absolute Gasteiger partial charge is 0.0714 e. The first-order valence-electron chi connectivity index (χ1n) is 22.2. The molecule has 0 saturated carbocycles. The van der Waals surface area contributed by atoms with E-state index in [1.54, 1.807) is 0 Å². The third-order valence-corrected chi connectivity index (χ3v) is 13.3. The van der Waals surface area contributed by atoms with Crippen molar-refractivity contribution < 1.29 is 0 Å². The van der Waals surface area contributed by atoms with Gasteiger partial charge in [0.1, 0.15) is 0 Å². The van der Waals surface area contributed by atoms with Crippen LogP contribution in [0.5, 0.6) is 0 Å². The topological polar surface area (TPSA) is 3.24 Å². The molecule has 0 aromatic heterocycles. The Bertz CT molecular complexity index is 3410. The fourth-order valence-corrected chi connectivity index (χ4v) is 10.6. The van der Waals surface area contributed by atoms with Gasteiger partial charge in [-0.15, -0.1) is 0 Å². The summed E-state index contributed by atoms with van der Waals surface area (Å²) in [4.78, 5) is 2.46. The van der Waals surface area contributed by atoms with Crippen LogP contribution in [0.3, 0.4) is 0 Å².